The van der Waals surface area contributed by atoms with Gasteiger partial charge < -0.3 is 9.47 Å². The van der Waals surface area contributed by atoms with E-state index in [0.29, 0.717) is 22.7 Å². The molecule has 7 heteroatoms. The van der Waals surface area contributed by atoms with Gasteiger partial charge in [0.1, 0.15) is 23.5 Å². The predicted molar refractivity (Wildman–Crippen MR) is 123 cm³/mol. The van der Waals surface area contributed by atoms with Crippen molar-refractivity contribution in [2.75, 3.05) is 24.2 Å². The van der Waals surface area contributed by atoms with Crippen LogP contribution in [0, 0.1) is 12.8 Å². The summed E-state index contributed by atoms with van der Waals surface area (Å²) in [4.78, 5) is 34.6. The van der Waals surface area contributed by atoms with E-state index < -0.39 is 18.1 Å². The number of ether oxygens (including phenoxy) is 2. The predicted octanol–water partition coefficient (Wildman–Crippen LogP) is 4.06. The third-order valence-electron chi connectivity index (χ3n) is 6.14. The number of aryl methyl sites for hydroxylation is 1. The molecule has 0 bridgehead atoms. The van der Waals surface area contributed by atoms with E-state index in [1.165, 1.54) is 4.90 Å². The second kappa shape index (κ2) is 8.26. The van der Waals surface area contributed by atoms with Crippen LogP contribution in [-0.4, -0.2) is 32.1 Å². The standard InChI is InChI=1S/C26H24N2O5/c1-16-8-7-11-18(14-16)27-25(29)22-23(20-15-19(31-2)12-13-21(20)32-3)28(33-24(22)26(27)30)17-9-5-4-6-10-17/h4-15,22-24H,1-3H3/t22-,23+,24+/m1/s1. The summed E-state index contributed by atoms with van der Waals surface area (Å²) in [7, 11) is 3.16. The van der Waals surface area contributed by atoms with Crippen LogP contribution in [0.1, 0.15) is 17.2 Å². The van der Waals surface area contributed by atoms with E-state index in [4.69, 9.17) is 14.3 Å². The molecule has 2 aliphatic heterocycles. The van der Waals surface area contributed by atoms with Gasteiger partial charge in [-0.15, -0.1) is 0 Å². The highest BCUT2D eigenvalue weighted by Gasteiger charge is 2.60. The first-order valence-electron chi connectivity index (χ1n) is 10.7. The molecule has 3 aromatic rings. The number of nitrogens with zero attached hydrogens (tertiary/aromatic N) is 2. The molecule has 0 saturated carbocycles. The number of hydrogen-bond donors (Lipinski definition) is 0. The monoisotopic (exact) mass is 444 g/mol. The van der Waals surface area contributed by atoms with E-state index in [0.717, 1.165) is 11.3 Å². The molecule has 0 spiro atoms. The summed E-state index contributed by atoms with van der Waals surface area (Å²) in [5.41, 5.74) is 2.96. The second-order valence-electron chi connectivity index (χ2n) is 8.12. The van der Waals surface area contributed by atoms with E-state index >= 15 is 0 Å². The number of benzene rings is 3. The zero-order valence-electron chi connectivity index (χ0n) is 18.6. The highest BCUT2D eigenvalue weighted by molar-refractivity contribution is 6.24. The molecule has 2 aliphatic rings. The maximum atomic E-state index is 13.8. The maximum absolute atomic E-state index is 13.8. The van der Waals surface area contributed by atoms with Crippen molar-refractivity contribution in [3.8, 4) is 11.5 Å². The maximum Gasteiger partial charge on any atom is 0.266 e. The van der Waals surface area contributed by atoms with Gasteiger partial charge in [-0.2, -0.15) is 0 Å². The third kappa shape index (κ3) is 3.41. The fourth-order valence-electron chi connectivity index (χ4n) is 4.62. The lowest BCUT2D eigenvalue weighted by atomic mass is 9.89. The molecule has 0 aliphatic carbocycles. The Balaban J connectivity index is 1.64. The van der Waals surface area contributed by atoms with Crippen LogP contribution >= 0.6 is 0 Å². The Morgan fingerprint density at radius 3 is 2.27 bits per heavy atom. The summed E-state index contributed by atoms with van der Waals surface area (Å²) in [5, 5.41) is 1.65. The summed E-state index contributed by atoms with van der Waals surface area (Å²) in [6.45, 7) is 1.92. The number of hydroxylamine groups is 1. The van der Waals surface area contributed by atoms with Gasteiger partial charge in [-0.1, -0.05) is 30.3 Å². The van der Waals surface area contributed by atoms with Gasteiger partial charge in [0.25, 0.3) is 5.91 Å². The van der Waals surface area contributed by atoms with E-state index in [1.54, 1.807) is 37.5 Å². The number of para-hydroxylation sites is 1. The normalized spacial score (nSPS) is 22.0. The number of rotatable bonds is 5. The molecule has 7 nitrogen and oxygen atoms in total. The van der Waals surface area contributed by atoms with Gasteiger partial charge in [-0.3, -0.25) is 14.4 Å². The van der Waals surface area contributed by atoms with Gasteiger partial charge in [0.2, 0.25) is 5.91 Å². The van der Waals surface area contributed by atoms with Crippen LogP contribution in [-0.2, 0) is 14.4 Å². The second-order valence-corrected chi connectivity index (χ2v) is 8.12. The Bertz CT molecular complexity index is 1210. The van der Waals surface area contributed by atoms with Crippen LogP contribution in [0.25, 0.3) is 0 Å². The minimum absolute atomic E-state index is 0.302. The molecule has 33 heavy (non-hydrogen) atoms. The van der Waals surface area contributed by atoms with Crippen LogP contribution < -0.4 is 19.4 Å². The average Bonchev–Trinajstić information content (AvgIpc) is 3.35. The van der Waals surface area contributed by atoms with Crippen LogP contribution in [0.3, 0.4) is 0 Å². The Morgan fingerprint density at radius 1 is 0.818 bits per heavy atom. The molecule has 2 fully saturated rings. The lowest BCUT2D eigenvalue weighted by Crippen LogP contribution is -2.37. The van der Waals surface area contributed by atoms with Crippen LogP contribution in [0.2, 0.25) is 0 Å². The number of carbonyl (C=O) groups is 2. The zero-order valence-corrected chi connectivity index (χ0v) is 18.6. The number of hydrogen-bond acceptors (Lipinski definition) is 6. The minimum atomic E-state index is -0.945. The lowest BCUT2D eigenvalue weighted by Gasteiger charge is -2.29. The fourth-order valence-corrected chi connectivity index (χ4v) is 4.62. The fraction of sp³-hybridized carbons (Fsp3) is 0.231. The molecule has 3 atom stereocenters. The highest BCUT2D eigenvalue weighted by atomic mass is 16.7. The molecule has 168 valence electrons. The molecule has 0 unspecified atom stereocenters. The van der Waals surface area contributed by atoms with Gasteiger partial charge in [-0.25, -0.2) is 9.96 Å². The summed E-state index contributed by atoms with van der Waals surface area (Å²) in [6, 6.07) is 21.6. The quantitative estimate of drug-likeness (QED) is 0.553. The molecule has 2 saturated heterocycles. The average molecular weight is 444 g/mol. The number of carbonyl (C=O) groups excluding carboxylic acids is 2. The largest absolute Gasteiger partial charge is 0.497 e. The zero-order chi connectivity index (χ0) is 23.1. The Morgan fingerprint density at radius 2 is 1.58 bits per heavy atom. The van der Waals surface area contributed by atoms with Gasteiger partial charge in [0.05, 0.1) is 25.6 Å². The Kier molecular flexibility index (Phi) is 5.26. The van der Waals surface area contributed by atoms with Crippen LogP contribution in [0.4, 0.5) is 11.4 Å². The first kappa shape index (κ1) is 21.0. The van der Waals surface area contributed by atoms with E-state index in [9.17, 15) is 9.59 Å². The molecular formula is C26H24N2O5. The van der Waals surface area contributed by atoms with Gasteiger partial charge in [0.15, 0.2) is 6.10 Å². The number of imide groups is 1. The van der Waals surface area contributed by atoms with Crippen molar-refractivity contribution in [1.29, 1.82) is 0 Å². The van der Waals surface area contributed by atoms with Crippen molar-refractivity contribution in [3.05, 3.63) is 83.9 Å². The molecule has 2 amide bonds. The molecule has 2 heterocycles. The van der Waals surface area contributed by atoms with Crippen molar-refractivity contribution in [2.24, 2.45) is 5.92 Å². The smallest absolute Gasteiger partial charge is 0.266 e. The summed E-state index contributed by atoms with van der Waals surface area (Å²) < 4.78 is 11.1. The molecule has 3 aromatic carbocycles. The Labute approximate surface area is 192 Å². The van der Waals surface area contributed by atoms with Crippen LogP contribution in [0.15, 0.2) is 72.8 Å². The van der Waals surface area contributed by atoms with Gasteiger partial charge in [0, 0.05) is 5.56 Å². The van der Waals surface area contributed by atoms with E-state index in [-0.39, 0.29) is 11.8 Å². The summed E-state index contributed by atoms with van der Waals surface area (Å²) in [6.07, 6.45) is -0.945. The first-order chi connectivity index (χ1) is 16.0. The van der Waals surface area contributed by atoms with E-state index in [2.05, 4.69) is 0 Å². The summed E-state index contributed by atoms with van der Waals surface area (Å²) >= 11 is 0. The number of fused-ring (bicyclic) bond motifs is 1. The van der Waals surface area contributed by atoms with Gasteiger partial charge >= 0.3 is 0 Å². The molecule has 0 N–H and O–H groups in total. The third-order valence-corrected chi connectivity index (χ3v) is 6.14. The SMILES string of the molecule is COc1ccc(OC)c([C@H]2[C@H]3C(=O)N(c4cccc(C)c4)C(=O)[C@H]3ON2c2ccccc2)c1. The number of methoxy groups -OCH3 is 2. The highest BCUT2D eigenvalue weighted by Crippen LogP contribution is 2.50. The van der Waals surface area contributed by atoms with Crippen molar-refractivity contribution >= 4 is 23.2 Å². The van der Waals surface area contributed by atoms with Crippen molar-refractivity contribution < 1.29 is 23.9 Å². The van der Waals surface area contributed by atoms with Crippen molar-refractivity contribution in [1.82, 2.24) is 0 Å². The molecular weight excluding hydrogens is 420 g/mol. The molecule has 0 radical (unpaired) electrons. The van der Waals surface area contributed by atoms with Crippen LogP contribution in [0.5, 0.6) is 11.5 Å². The number of anilines is 2. The Hall–Kier alpha value is -3.84. The van der Waals surface area contributed by atoms with E-state index in [1.807, 2.05) is 61.5 Å². The number of amides is 2. The van der Waals surface area contributed by atoms with Crippen molar-refractivity contribution in [3.63, 3.8) is 0 Å². The topological polar surface area (TPSA) is 68.3 Å². The minimum Gasteiger partial charge on any atom is -0.497 e. The summed E-state index contributed by atoms with van der Waals surface area (Å²) in [5.74, 6) is -0.223. The van der Waals surface area contributed by atoms with Crippen molar-refractivity contribution in [2.45, 2.75) is 19.1 Å². The van der Waals surface area contributed by atoms with Gasteiger partial charge in [-0.05, 0) is 55.0 Å². The molecule has 0 aromatic heterocycles. The lowest BCUT2D eigenvalue weighted by molar-refractivity contribution is -0.126. The first-order valence-corrected chi connectivity index (χ1v) is 10.7. The molecule has 5 rings (SSSR count).